The van der Waals surface area contributed by atoms with Crippen molar-refractivity contribution in [3.8, 4) is 0 Å². The van der Waals surface area contributed by atoms with Gasteiger partial charge in [-0.05, 0) is 19.1 Å². The molecule has 4 nitrogen and oxygen atoms in total. The van der Waals surface area contributed by atoms with Gasteiger partial charge in [0.2, 0.25) is 0 Å². The van der Waals surface area contributed by atoms with Crippen LogP contribution in [0.2, 0.25) is 0 Å². The summed E-state index contributed by atoms with van der Waals surface area (Å²) < 4.78 is 78.1. The molecule has 0 bridgehead atoms. The first kappa shape index (κ1) is 19.4. The molecule has 1 aliphatic rings. The minimum atomic E-state index is -5.06. The second-order valence-electron chi connectivity index (χ2n) is 4.98. The highest BCUT2D eigenvalue weighted by Gasteiger charge is 2.41. The van der Waals surface area contributed by atoms with Crippen LogP contribution in [0.25, 0.3) is 0 Å². The number of aliphatic imine (C=N–C) groups is 1. The van der Waals surface area contributed by atoms with E-state index in [4.69, 9.17) is 0 Å². The molecule has 1 N–H and O–H groups in total. The summed E-state index contributed by atoms with van der Waals surface area (Å²) in [6.45, 7) is 2.91. The number of urea groups is 1. The second-order valence-corrected chi connectivity index (χ2v) is 6.04. The lowest BCUT2D eigenvalue weighted by Gasteiger charge is -2.19. The molecule has 0 unspecified atom stereocenters. The zero-order chi connectivity index (χ0) is 18.8. The molecule has 1 aromatic carbocycles. The van der Waals surface area contributed by atoms with E-state index in [0.29, 0.717) is 37.0 Å². The first-order valence-electron chi connectivity index (χ1n) is 7.09. The molecule has 0 spiro atoms. The van der Waals surface area contributed by atoms with Crippen LogP contribution in [0, 0.1) is 0 Å². The maximum absolute atomic E-state index is 13.0. The van der Waals surface area contributed by atoms with E-state index in [1.165, 1.54) is 11.8 Å². The number of hydrogen-bond acceptors (Lipinski definition) is 2. The molecule has 2 rings (SSSR count). The smallest absolute Gasteiger partial charge is 0.350 e. The summed E-state index contributed by atoms with van der Waals surface area (Å²) in [5.41, 5.74) is -4.51. The minimum Gasteiger partial charge on any atom is -0.350 e. The number of anilines is 1. The van der Waals surface area contributed by atoms with Gasteiger partial charge in [-0.15, -0.1) is 0 Å². The number of amides is 2. The van der Waals surface area contributed by atoms with Crippen LogP contribution in [0.3, 0.4) is 0 Å². The van der Waals surface area contributed by atoms with Gasteiger partial charge < -0.3 is 10.2 Å². The molecule has 0 aliphatic carbocycles. The van der Waals surface area contributed by atoms with Crippen LogP contribution < -0.4 is 5.32 Å². The molecular formula is C14H13F6N3OS. The average Bonchev–Trinajstić information content (AvgIpc) is 2.92. The Morgan fingerprint density at radius 2 is 1.76 bits per heavy atom. The summed E-state index contributed by atoms with van der Waals surface area (Å²) in [7, 11) is 0. The Bertz CT molecular complexity index is 654. The van der Waals surface area contributed by atoms with E-state index in [1.54, 1.807) is 17.1 Å². The maximum atomic E-state index is 13.0. The van der Waals surface area contributed by atoms with Crippen molar-refractivity contribution >= 4 is 28.6 Å². The topological polar surface area (TPSA) is 44.7 Å². The van der Waals surface area contributed by atoms with Crippen molar-refractivity contribution in [3.63, 3.8) is 0 Å². The van der Waals surface area contributed by atoms with E-state index in [2.05, 4.69) is 4.99 Å². The monoisotopic (exact) mass is 385 g/mol. The van der Waals surface area contributed by atoms with E-state index in [1.807, 2.05) is 0 Å². The second kappa shape index (κ2) is 7.14. The molecule has 0 radical (unpaired) electrons. The lowest BCUT2D eigenvalue weighted by Crippen LogP contribution is -2.26. The molecule has 0 atom stereocenters. The number of halogens is 6. The van der Waals surface area contributed by atoms with Crippen molar-refractivity contribution in [1.82, 2.24) is 4.90 Å². The normalized spacial score (nSPS) is 17.2. The van der Waals surface area contributed by atoms with E-state index >= 15 is 0 Å². The van der Waals surface area contributed by atoms with Gasteiger partial charge in [0.25, 0.3) is 0 Å². The molecule has 1 fully saturated rings. The molecule has 1 heterocycles. The fraction of sp³-hybridized carbons (Fsp3) is 0.429. The fourth-order valence-electron chi connectivity index (χ4n) is 2.21. The number of benzene rings is 1. The van der Waals surface area contributed by atoms with Crippen LogP contribution in [0.15, 0.2) is 23.2 Å². The number of para-hydroxylation sites is 1. The average molecular weight is 385 g/mol. The summed E-state index contributed by atoms with van der Waals surface area (Å²) in [6, 6.07) is 0.297. The molecule has 0 saturated carbocycles. The highest BCUT2D eigenvalue weighted by atomic mass is 32.2. The third-order valence-electron chi connectivity index (χ3n) is 3.35. The Kier molecular flexibility index (Phi) is 5.55. The highest BCUT2D eigenvalue weighted by molar-refractivity contribution is 8.14. The minimum absolute atomic E-state index is 0.262. The van der Waals surface area contributed by atoms with Gasteiger partial charge in [-0.3, -0.25) is 0 Å². The van der Waals surface area contributed by atoms with Crippen molar-refractivity contribution in [2.75, 3.05) is 24.2 Å². The number of rotatable bonds is 2. The number of nitrogens with zero attached hydrogens (tertiary/aromatic N) is 2. The van der Waals surface area contributed by atoms with Gasteiger partial charge in [0.1, 0.15) is 0 Å². The van der Waals surface area contributed by atoms with E-state index in [-0.39, 0.29) is 5.17 Å². The van der Waals surface area contributed by atoms with Crippen LogP contribution >= 0.6 is 11.8 Å². The first-order chi connectivity index (χ1) is 11.5. The molecule has 2 amide bonds. The molecule has 11 heteroatoms. The van der Waals surface area contributed by atoms with Crippen LogP contribution in [0.4, 0.5) is 36.8 Å². The van der Waals surface area contributed by atoms with Crippen molar-refractivity contribution < 1.29 is 31.1 Å². The van der Waals surface area contributed by atoms with Crippen LogP contribution in [0.1, 0.15) is 18.1 Å². The van der Waals surface area contributed by atoms with Crippen LogP contribution in [-0.2, 0) is 12.4 Å². The van der Waals surface area contributed by atoms with Gasteiger partial charge >= 0.3 is 18.4 Å². The molecule has 1 aliphatic heterocycles. The fourth-order valence-corrected chi connectivity index (χ4v) is 3.26. The predicted octanol–water partition coefficient (Wildman–Crippen LogP) is 4.68. The Morgan fingerprint density at radius 1 is 1.20 bits per heavy atom. The van der Waals surface area contributed by atoms with Gasteiger partial charge in [0, 0.05) is 18.8 Å². The third-order valence-corrected chi connectivity index (χ3v) is 4.34. The number of alkyl halides is 6. The van der Waals surface area contributed by atoms with Crippen LogP contribution in [0.5, 0.6) is 0 Å². The SMILES string of the molecule is CCN1CCS/C1=N\C(=O)Nc1c(C(F)(F)F)cccc1C(F)(F)F. The Morgan fingerprint density at radius 3 is 2.24 bits per heavy atom. The van der Waals surface area contributed by atoms with E-state index < -0.39 is 35.2 Å². The van der Waals surface area contributed by atoms with Crippen molar-refractivity contribution in [2.45, 2.75) is 19.3 Å². The van der Waals surface area contributed by atoms with E-state index in [9.17, 15) is 31.1 Å². The maximum Gasteiger partial charge on any atom is 0.418 e. The number of carbonyl (C=O) groups is 1. The standard InChI is InChI=1S/C14H13F6N3OS/c1-2-23-6-7-25-12(23)22-11(24)21-10-8(13(15,16)17)4-3-5-9(10)14(18,19)20/h3-5H,2,6-7H2,1H3,(H,21,24)/b22-12-. The summed E-state index contributed by atoms with van der Waals surface area (Å²) >= 11 is 1.20. The molecular weight excluding hydrogens is 372 g/mol. The summed E-state index contributed by atoms with van der Waals surface area (Å²) in [6.07, 6.45) is -10.1. The number of nitrogens with one attached hydrogen (secondary N) is 1. The Balaban J connectivity index is 2.40. The van der Waals surface area contributed by atoms with Gasteiger partial charge in [-0.25, -0.2) is 4.79 Å². The van der Waals surface area contributed by atoms with Gasteiger partial charge in [-0.2, -0.15) is 31.3 Å². The zero-order valence-electron chi connectivity index (χ0n) is 12.8. The summed E-state index contributed by atoms with van der Waals surface area (Å²) in [5.74, 6) is 0.632. The molecule has 1 aromatic rings. The van der Waals surface area contributed by atoms with Gasteiger partial charge in [0.15, 0.2) is 5.17 Å². The lowest BCUT2D eigenvalue weighted by molar-refractivity contribution is -0.141. The summed E-state index contributed by atoms with van der Waals surface area (Å²) in [4.78, 5) is 17.2. The van der Waals surface area contributed by atoms with Gasteiger partial charge in [0.05, 0.1) is 16.8 Å². The molecule has 138 valence electrons. The van der Waals surface area contributed by atoms with Crippen molar-refractivity contribution in [2.24, 2.45) is 4.99 Å². The zero-order valence-corrected chi connectivity index (χ0v) is 13.6. The Hall–Kier alpha value is -1.91. The predicted molar refractivity (Wildman–Crippen MR) is 82.6 cm³/mol. The molecule has 1 saturated heterocycles. The molecule has 0 aromatic heterocycles. The largest absolute Gasteiger partial charge is 0.418 e. The highest BCUT2D eigenvalue weighted by Crippen LogP contribution is 2.42. The van der Waals surface area contributed by atoms with Crippen LogP contribution in [-0.4, -0.2) is 34.9 Å². The van der Waals surface area contributed by atoms with E-state index in [0.717, 1.165) is 0 Å². The number of carbonyl (C=O) groups excluding carboxylic acids is 1. The lowest BCUT2D eigenvalue weighted by atomic mass is 10.1. The van der Waals surface area contributed by atoms with Crippen molar-refractivity contribution in [3.05, 3.63) is 29.3 Å². The summed E-state index contributed by atoms with van der Waals surface area (Å²) in [5, 5.41) is 1.92. The number of amidine groups is 1. The quantitative estimate of drug-likeness (QED) is 0.752. The number of hydrogen-bond donors (Lipinski definition) is 1. The molecule has 25 heavy (non-hydrogen) atoms. The Labute approximate surface area is 143 Å². The van der Waals surface area contributed by atoms with Crippen molar-refractivity contribution in [1.29, 1.82) is 0 Å². The third kappa shape index (κ3) is 4.59. The first-order valence-corrected chi connectivity index (χ1v) is 8.07. The number of thioether (sulfide) groups is 1. The van der Waals surface area contributed by atoms with Gasteiger partial charge in [-0.1, -0.05) is 17.8 Å².